The van der Waals surface area contributed by atoms with Gasteiger partial charge in [-0.2, -0.15) is 0 Å². The average Bonchev–Trinajstić information content (AvgIpc) is 2.50. The largest absolute Gasteiger partial charge is 0.0998 e. The first-order valence-corrected chi connectivity index (χ1v) is 6.05. The summed E-state index contributed by atoms with van der Waals surface area (Å²) >= 11 is 0. The summed E-state index contributed by atoms with van der Waals surface area (Å²) in [5.74, 6) is -1.44. The Morgan fingerprint density at radius 2 is 2.27 bits per heavy atom. The predicted molar refractivity (Wildman–Crippen MR) is 64.5 cm³/mol. The van der Waals surface area contributed by atoms with Gasteiger partial charge in [-0.15, -0.1) is 0 Å². The van der Waals surface area contributed by atoms with Crippen molar-refractivity contribution in [2.45, 2.75) is 46.4 Å². The molecule has 0 N–H and O–H groups in total. The molecule has 15 heavy (non-hydrogen) atoms. The lowest BCUT2D eigenvalue weighted by molar-refractivity contribution is -0.0940. The SMILES string of the molecule is [2H]C1([2H])C[C@@H](C)[C@@H]2[C@H]1[C@@]1(C)CC([2H])([2H])[C@H](C(=C)C)[C@@]21[2H]. The number of rotatable bonds is 1. The summed E-state index contributed by atoms with van der Waals surface area (Å²) in [5.41, 5.74) is 0.172. The molecule has 0 unspecified atom stereocenters. The molecule has 0 aromatic carbocycles. The van der Waals surface area contributed by atoms with Crippen molar-refractivity contribution in [2.75, 3.05) is 0 Å². The molecule has 0 aliphatic heterocycles. The molecular weight excluding hydrogens is 180 g/mol. The fraction of sp³-hybridized carbons (Fsp3) is 0.867. The Balaban J connectivity index is 2.14. The normalized spacial score (nSPS) is 73.7. The molecule has 3 fully saturated rings. The summed E-state index contributed by atoms with van der Waals surface area (Å²) in [6.07, 6.45) is -1.91. The van der Waals surface area contributed by atoms with E-state index in [2.05, 4.69) is 6.58 Å². The quantitative estimate of drug-likeness (QED) is 0.566. The molecule has 0 nitrogen and oxygen atoms in total. The van der Waals surface area contributed by atoms with Crippen LogP contribution in [-0.2, 0) is 0 Å². The van der Waals surface area contributed by atoms with Gasteiger partial charge in [0.15, 0.2) is 0 Å². The minimum atomic E-state index is -1.44. The van der Waals surface area contributed by atoms with E-state index >= 15 is 0 Å². The molecule has 0 radical (unpaired) electrons. The van der Waals surface area contributed by atoms with Crippen molar-refractivity contribution < 1.29 is 6.85 Å². The van der Waals surface area contributed by atoms with Gasteiger partial charge in [-0.05, 0) is 61.1 Å². The van der Waals surface area contributed by atoms with Crippen molar-refractivity contribution in [3.63, 3.8) is 0 Å². The van der Waals surface area contributed by atoms with Gasteiger partial charge in [0.25, 0.3) is 0 Å². The van der Waals surface area contributed by atoms with Crippen LogP contribution < -0.4 is 0 Å². The van der Waals surface area contributed by atoms with Crippen molar-refractivity contribution >= 4 is 0 Å². The molecule has 6 atom stereocenters. The standard InChI is InChI=1S/C15H24/c1-9(2)11-7-8-15(4)12-6-5-10(3)13(12)14(11)15/h10-14H,1,5-8H2,2-4H3/t10-,11-,12+,13-,14+,15-/m1/s1/i6D2,7D2,14D. The molecule has 3 aliphatic rings. The number of fused-ring (bicyclic) bond motifs is 4. The highest BCUT2D eigenvalue weighted by Crippen LogP contribution is 2.73. The van der Waals surface area contributed by atoms with Gasteiger partial charge in [-0.1, -0.05) is 32.4 Å². The van der Waals surface area contributed by atoms with E-state index in [1.54, 1.807) is 0 Å². The Bertz CT molecular complexity index is 485. The highest BCUT2D eigenvalue weighted by atomic mass is 14.7. The Morgan fingerprint density at radius 3 is 2.93 bits per heavy atom. The number of hydrogen-bond donors (Lipinski definition) is 0. The maximum Gasteiger partial charge on any atom is 0.0318 e. The summed E-state index contributed by atoms with van der Waals surface area (Å²) in [5, 5.41) is 0. The highest BCUT2D eigenvalue weighted by Gasteiger charge is 2.66. The van der Waals surface area contributed by atoms with Crippen LogP contribution in [0.15, 0.2) is 12.2 Å². The van der Waals surface area contributed by atoms with Crippen LogP contribution in [0.3, 0.4) is 0 Å². The van der Waals surface area contributed by atoms with E-state index in [0.717, 1.165) is 5.57 Å². The van der Waals surface area contributed by atoms with Crippen LogP contribution >= 0.6 is 0 Å². The first-order chi connectivity index (χ1) is 8.89. The van der Waals surface area contributed by atoms with E-state index in [1.165, 1.54) is 0 Å². The van der Waals surface area contributed by atoms with E-state index in [4.69, 9.17) is 6.85 Å². The van der Waals surface area contributed by atoms with Gasteiger partial charge in [0.2, 0.25) is 0 Å². The molecule has 0 amide bonds. The van der Waals surface area contributed by atoms with Crippen molar-refractivity contribution in [3.05, 3.63) is 12.2 Å². The Morgan fingerprint density at radius 1 is 1.53 bits per heavy atom. The third kappa shape index (κ3) is 1.04. The first kappa shape index (κ1) is 5.89. The van der Waals surface area contributed by atoms with Crippen LogP contribution in [0, 0.1) is 35.0 Å². The van der Waals surface area contributed by atoms with Crippen molar-refractivity contribution in [2.24, 2.45) is 35.0 Å². The third-order valence-corrected chi connectivity index (χ3v) is 4.81. The molecule has 3 rings (SSSR count). The lowest BCUT2D eigenvalue weighted by Crippen LogP contribution is -2.53. The Kier molecular flexibility index (Phi) is 1.14. The summed E-state index contributed by atoms with van der Waals surface area (Å²) < 4.78 is 42.4. The topological polar surface area (TPSA) is 0 Å². The molecule has 0 bridgehead atoms. The summed E-state index contributed by atoms with van der Waals surface area (Å²) in [6, 6.07) is 0. The molecule has 0 saturated heterocycles. The van der Waals surface area contributed by atoms with Crippen LogP contribution in [0.4, 0.5) is 0 Å². The second-order valence-electron chi connectivity index (χ2n) is 5.92. The van der Waals surface area contributed by atoms with Gasteiger partial charge in [0, 0.05) is 6.85 Å². The van der Waals surface area contributed by atoms with E-state index in [1.807, 2.05) is 20.8 Å². The van der Waals surface area contributed by atoms with E-state index in [0.29, 0.717) is 6.42 Å². The van der Waals surface area contributed by atoms with E-state index in [-0.39, 0.29) is 24.2 Å². The van der Waals surface area contributed by atoms with Crippen molar-refractivity contribution in [1.29, 1.82) is 0 Å². The van der Waals surface area contributed by atoms with Crippen LogP contribution in [0.1, 0.15) is 53.2 Å². The second-order valence-corrected chi connectivity index (χ2v) is 5.92. The average molecular weight is 209 g/mol. The number of hydrogen-bond acceptors (Lipinski definition) is 0. The van der Waals surface area contributed by atoms with E-state index < -0.39 is 30.0 Å². The number of allylic oxidation sites excluding steroid dienone is 1. The minimum Gasteiger partial charge on any atom is -0.0998 e. The summed E-state index contributed by atoms with van der Waals surface area (Å²) in [6.45, 7) is 9.75. The monoisotopic (exact) mass is 209 g/mol. The van der Waals surface area contributed by atoms with Crippen LogP contribution in [0.2, 0.25) is 0 Å². The molecule has 0 spiro atoms. The zero-order valence-electron chi connectivity index (χ0n) is 14.9. The Labute approximate surface area is 101 Å². The molecular formula is C15H24. The third-order valence-electron chi connectivity index (χ3n) is 4.81. The highest BCUT2D eigenvalue weighted by molar-refractivity contribution is 5.20. The van der Waals surface area contributed by atoms with Gasteiger partial charge in [0.05, 0.1) is 0 Å². The fourth-order valence-electron chi connectivity index (χ4n) is 4.06. The molecule has 0 heteroatoms. The van der Waals surface area contributed by atoms with Crippen LogP contribution in [-0.4, -0.2) is 0 Å². The van der Waals surface area contributed by atoms with Gasteiger partial charge >= 0.3 is 0 Å². The van der Waals surface area contributed by atoms with Gasteiger partial charge in [0.1, 0.15) is 0 Å². The maximum atomic E-state index is 9.09. The molecule has 84 valence electrons. The van der Waals surface area contributed by atoms with Crippen LogP contribution in [0.5, 0.6) is 0 Å². The summed E-state index contributed by atoms with van der Waals surface area (Å²) in [4.78, 5) is 0. The van der Waals surface area contributed by atoms with Crippen molar-refractivity contribution in [3.8, 4) is 0 Å². The lowest BCUT2D eigenvalue weighted by atomic mass is 9.47. The van der Waals surface area contributed by atoms with E-state index in [9.17, 15) is 0 Å². The molecule has 0 aromatic heterocycles. The molecule has 0 heterocycles. The minimum absolute atomic E-state index is 0.0400. The fourth-order valence-corrected chi connectivity index (χ4v) is 4.06. The molecule has 3 aliphatic carbocycles. The second kappa shape index (κ2) is 2.90. The van der Waals surface area contributed by atoms with Gasteiger partial charge < -0.3 is 0 Å². The van der Waals surface area contributed by atoms with Crippen molar-refractivity contribution in [1.82, 2.24) is 0 Å². The smallest absolute Gasteiger partial charge is 0.0318 e. The zero-order valence-corrected chi connectivity index (χ0v) is 9.93. The predicted octanol–water partition coefficient (Wildman–Crippen LogP) is 4.27. The van der Waals surface area contributed by atoms with Gasteiger partial charge in [-0.3, -0.25) is 0 Å². The lowest BCUT2D eigenvalue weighted by Gasteiger charge is -2.57. The molecule has 3 saturated carbocycles. The zero-order chi connectivity index (χ0) is 15.3. The molecule has 0 aromatic rings. The van der Waals surface area contributed by atoms with Gasteiger partial charge in [-0.25, -0.2) is 0 Å². The first-order valence-electron chi connectivity index (χ1n) is 8.55. The maximum absolute atomic E-state index is 9.09. The van der Waals surface area contributed by atoms with Crippen LogP contribution in [0.25, 0.3) is 0 Å². The Hall–Kier alpha value is -0.260. The summed E-state index contributed by atoms with van der Waals surface area (Å²) in [7, 11) is 0.